The Morgan fingerprint density at radius 3 is 2.82 bits per heavy atom. The predicted molar refractivity (Wildman–Crippen MR) is 68.1 cm³/mol. The van der Waals surface area contributed by atoms with Gasteiger partial charge in [-0.3, -0.25) is 4.79 Å². The van der Waals surface area contributed by atoms with Crippen molar-refractivity contribution < 1.29 is 4.79 Å². The SMILES string of the molecule is Cc1ccc(N2C(=O)CC3NCCCC32)cc1. The number of carbonyl (C=O) groups is 1. The number of aryl methyl sites for hydroxylation is 1. The summed E-state index contributed by atoms with van der Waals surface area (Å²) in [6, 6.07) is 8.99. The second kappa shape index (κ2) is 4.15. The van der Waals surface area contributed by atoms with E-state index in [9.17, 15) is 4.79 Å². The van der Waals surface area contributed by atoms with Crippen LogP contribution in [-0.4, -0.2) is 24.5 Å². The second-order valence-electron chi connectivity index (χ2n) is 5.07. The van der Waals surface area contributed by atoms with Crippen molar-refractivity contribution in [3.8, 4) is 0 Å². The minimum absolute atomic E-state index is 0.262. The van der Waals surface area contributed by atoms with E-state index in [1.54, 1.807) is 0 Å². The summed E-state index contributed by atoms with van der Waals surface area (Å²) in [6.45, 7) is 3.12. The van der Waals surface area contributed by atoms with E-state index in [0.717, 1.165) is 25.1 Å². The fraction of sp³-hybridized carbons (Fsp3) is 0.500. The van der Waals surface area contributed by atoms with Gasteiger partial charge in [0.2, 0.25) is 5.91 Å². The molecule has 1 aromatic carbocycles. The fourth-order valence-electron chi connectivity index (χ4n) is 2.97. The molecule has 2 saturated heterocycles. The largest absolute Gasteiger partial charge is 0.311 e. The number of benzene rings is 1. The van der Waals surface area contributed by atoms with Crippen molar-refractivity contribution in [2.45, 2.75) is 38.3 Å². The van der Waals surface area contributed by atoms with Gasteiger partial charge in [0.15, 0.2) is 0 Å². The zero-order valence-electron chi connectivity index (χ0n) is 10.1. The summed E-state index contributed by atoms with van der Waals surface area (Å²) >= 11 is 0. The van der Waals surface area contributed by atoms with Crippen LogP contribution >= 0.6 is 0 Å². The number of amides is 1. The number of anilines is 1. The lowest BCUT2D eigenvalue weighted by Crippen LogP contribution is -2.47. The molecular formula is C14H18N2O. The van der Waals surface area contributed by atoms with E-state index >= 15 is 0 Å². The minimum Gasteiger partial charge on any atom is -0.311 e. The van der Waals surface area contributed by atoms with Gasteiger partial charge < -0.3 is 10.2 Å². The topological polar surface area (TPSA) is 32.3 Å². The molecule has 2 aliphatic heterocycles. The molecule has 3 nitrogen and oxygen atoms in total. The third-order valence-electron chi connectivity index (χ3n) is 3.85. The molecule has 90 valence electrons. The van der Waals surface area contributed by atoms with E-state index in [2.05, 4.69) is 36.5 Å². The van der Waals surface area contributed by atoms with Gasteiger partial charge in [-0.05, 0) is 38.4 Å². The maximum absolute atomic E-state index is 12.1. The van der Waals surface area contributed by atoms with Crippen molar-refractivity contribution >= 4 is 11.6 Å². The minimum atomic E-state index is 0.262. The molecule has 2 unspecified atom stereocenters. The van der Waals surface area contributed by atoms with Crippen LogP contribution in [0.2, 0.25) is 0 Å². The molecular weight excluding hydrogens is 212 g/mol. The highest BCUT2D eigenvalue weighted by Gasteiger charge is 2.41. The zero-order chi connectivity index (χ0) is 11.8. The lowest BCUT2D eigenvalue weighted by atomic mass is 9.99. The van der Waals surface area contributed by atoms with Crippen molar-refractivity contribution in [2.75, 3.05) is 11.4 Å². The maximum atomic E-state index is 12.1. The molecule has 1 N–H and O–H groups in total. The Morgan fingerprint density at radius 1 is 1.29 bits per heavy atom. The third-order valence-corrected chi connectivity index (χ3v) is 3.85. The number of hydrogen-bond donors (Lipinski definition) is 1. The standard InChI is InChI=1S/C14H18N2O/c1-10-4-6-11(7-5-10)16-13-3-2-8-15-12(13)9-14(16)17/h4-7,12-13,15H,2-3,8-9H2,1H3. The highest BCUT2D eigenvalue weighted by atomic mass is 16.2. The van der Waals surface area contributed by atoms with Crippen LogP contribution in [0.5, 0.6) is 0 Å². The van der Waals surface area contributed by atoms with Gasteiger partial charge >= 0.3 is 0 Å². The Balaban J connectivity index is 1.90. The van der Waals surface area contributed by atoms with Crippen molar-refractivity contribution in [2.24, 2.45) is 0 Å². The fourth-order valence-corrected chi connectivity index (χ4v) is 2.97. The molecule has 2 fully saturated rings. The monoisotopic (exact) mass is 230 g/mol. The number of piperidine rings is 1. The van der Waals surface area contributed by atoms with Crippen molar-refractivity contribution in [3.05, 3.63) is 29.8 Å². The first-order valence-electron chi connectivity index (χ1n) is 6.38. The molecule has 2 heterocycles. The van der Waals surface area contributed by atoms with Crippen molar-refractivity contribution in [1.82, 2.24) is 5.32 Å². The van der Waals surface area contributed by atoms with E-state index in [-0.39, 0.29) is 5.91 Å². The summed E-state index contributed by atoms with van der Waals surface area (Å²) in [6.07, 6.45) is 2.94. The molecule has 2 aliphatic rings. The van der Waals surface area contributed by atoms with Crippen molar-refractivity contribution in [3.63, 3.8) is 0 Å². The molecule has 3 heteroatoms. The molecule has 0 aromatic heterocycles. The highest BCUT2D eigenvalue weighted by molar-refractivity contribution is 5.97. The van der Waals surface area contributed by atoms with Gasteiger partial charge in [0.05, 0.1) is 6.04 Å². The summed E-state index contributed by atoms with van der Waals surface area (Å²) in [4.78, 5) is 14.1. The number of carbonyl (C=O) groups excluding carboxylic acids is 1. The number of rotatable bonds is 1. The first kappa shape index (κ1) is 10.8. The Kier molecular flexibility index (Phi) is 2.63. The van der Waals surface area contributed by atoms with Crippen LogP contribution < -0.4 is 10.2 Å². The maximum Gasteiger partial charge on any atom is 0.228 e. The lowest BCUT2D eigenvalue weighted by Gasteiger charge is -2.32. The van der Waals surface area contributed by atoms with Gasteiger partial charge in [0.1, 0.15) is 0 Å². The molecule has 1 aromatic rings. The first-order chi connectivity index (χ1) is 8.25. The Bertz CT molecular complexity index is 426. The molecule has 1 amide bonds. The van der Waals surface area contributed by atoms with E-state index in [1.165, 1.54) is 5.56 Å². The van der Waals surface area contributed by atoms with Crippen LogP contribution in [0.1, 0.15) is 24.8 Å². The van der Waals surface area contributed by atoms with Crippen molar-refractivity contribution in [1.29, 1.82) is 0 Å². The van der Waals surface area contributed by atoms with Gasteiger partial charge in [-0.15, -0.1) is 0 Å². The molecule has 17 heavy (non-hydrogen) atoms. The number of fused-ring (bicyclic) bond motifs is 1. The highest BCUT2D eigenvalue weighted by Crippen LogP contribution is 2.31. The van der Waals surface area contributed by atoms with Gasteiger partial charge in [0, 0.05) is 18.2 Å². The predicted octanol–water partition coefficient (Wildman–Crippen LogP) is 1.85. The van der Waals surface area contributed by atoms with Crippen LogP contribution in [-0.2, 0) is 4.79 Å². The molecule has 0 spiro atoms. The first-order valence-corrected chi connectivity index (χ1v) is 6.38. The van der Waals surface area contributed by atoms with E-state index in [1.807, 2.05) is 4.90 Å². The lowest BCUT2D eigenvalue weighted by molar-refractivity contribution is -0.117. The second-order valence-corrected chi connectivity index (χ2v) is 5.07. The van der Waals surface area contributed by atoms with Crippen LogP contribution in [0.15, 0.2) is 24.3 Å². The quantitative estimate of drug-likeness (QED) is 0.798. The van der Waals surface area contributed by atoms with Gasteiger partial charge in [0.25, 0.3) is 0 Å². The van der Waals surface area contributed by atoms with Crippen LogP contribution in [0.4, 0.5) is 5.69 Å². The molecule has 0 bridgehead atoms. The van der Waals surface area contributed by atoms with Gasteiger partial charge in [-0.25, -0.2) is 0 Å². The zero-order valence-corrected chi connectivity index (χ0v) is 10.1. The van der Waals surface area contributed by atoms with Crippen LogP contribution in [0.25, 0.3) is 0 Å². The Labute approximate surface area is 102 Å². The van der Waals surface area contributed by atoms with E-state index < -0.39 is 0 Å². The molecule has 0 saturated carbocycles. The molecule has 2 atom stereocenters. The molecule has 3 rings (SSSR count). The summed E-state index contributed by atoms with van der Waals surface area (Å²) in [7, 11) is 0. The number of nitrogens with one attached hydrogen (secondary N) is 1. The smallest absolute Gasteiger partial charge is 0.228 e. The van der Waals surface area contributed by atoms with E-state index in [0.29, 0.717) is 18.5 Å². The summed E-state index contributed by atoms with van der Waals surface area (Å²) < 4.78 is 0. The summed E-state index contributed by atoms with van der Waals surface area (Å²) in [5, 5.41) is 3.46. The third kappa shape index (κ3) is 1.84. The van der Waals surface area contributed by atoms with E-state index in [4.69, 9.17) is 0 Å². The van der Waals surface area contributed by atoms with Crippen LogP contribution in [0, 0.1) is 6.92 Å². The number of hydrogen-bond acceptors (Lipinski definition) is 2. The number of nitrogens with zero attached hydrogens (tertiary/aromatic N) is 1. The average molecular weight is 230 g/mol. The normalized spacial score (nSPS) is 28.3. The van der Waals surface area contributed by atoms with Gasteiger partial charge in [-0.2, -0.15) is 0 Å². The van der Waals surface area contributed by atoms with Gasteiger partial charge in [-0.1, -0.05) is 17.7 Å². The average Bonchev–Trinajstić information content (AvgIpc) is 2.66. The van der Waals surface area contributed by atoms with Crippen LogP contribution in [0.3, 0.4) is 0 Å². The Hall–Kier alpha value is -1.35. The molecule has 0 aliphatic carbocycles. The Morgan fingerprint density at radius 2 is 2.06 bits per heavy atom. The molecule has 0 radical (unpaired) electrons. The summed E-state index contributed by atoms with van der Waals surface area (Å²) in [5.74, 6) is 0.262. The summed E-state index contributed by atoms with van der Waals surface area (Å²) in [5.41, 5.74) is 2.29.